The van der Waals surface area contributed by atoms with Crippen molar-refractivity contribution < 1.29 is 23.7 Å². The van der Waals surface area contributed by atoms with Gasteiger partial charge in [0.2, 0.25) is 5.95 Å². The SMILES string of the molecule is COc1ccc(OC)c(C=NNc2cc(NN=Cc3cc(OC)ccc3OC)nc(Nc3cc(C)ccc3OC)n2)c1. The molecule has 0 saturated carbocycles. The van der Waals surface area contributed by atoms with Crippen LogP contribution in [0.4, 0.5) is 23.3 Å². The summed E-state index contributed by atoms with van der Waals surface area (Å²) in [6, 6.07) is 18.3. The minimum atomic E-state index is 0.287. The first-order chi connectivity index (χ1) is 20.5. The van der Waals surface area contributed by atoms with Crippen molar-refractivity contribution in [3.8, 4) is 28.7 Å². The highest BCUT2D eigenvalue weighted by Crippen LogP contribution is 2.29. The van der Waals surface area contributed by atoms with Gasteiger partial charge in [-0.3, -0.25) is 10.9 Å². The molecule has 0 fully saturated rings. The van der Waals surface area contributed by atoms with Crippen molar-refractivity contribution in [3.63, 3.8) is 0 Å². The highest BCUT2D eigenvalue weighted by Gasteiger charge is 2.10. The molecule has 3 aromatic carbocycles. The number of ether oxygens (including phenoxy) is 5. The Morgan fingerprint density at radius 3 is 1.57 bits per heavy atom. The van der Waals surface area contributed by atoms with Crippen molar-refractivity contribution in [1.29, 1.82) is 0 Å². The first-order valence-corrected chi connectivity index (χ1v) is 12.8. The topological polar surface area (TPSA) is 133 Å². The molecule has 12 heteroatoms. The average Bonchev–Trinajstić information content (AvgIpc) is 3.01. The van der Waals surface area contributed by atoms with E-state index < -0.39 is 0 Å². The van der Waals surface area contributed by atoms with E-state index in [1.165, 1.54) is 0 Å². The van der Waals surface area contributed by atoms with Gasteiger partial charge in [0, 0.05) is 17.2 Å². The predicted octanol–water partition coefficient (Wildman–Crippen LogP) is 5.46. The van der Waals surface area contributed by atoms with E-state index in [9.17, 15) is 0 Å². The summed E-state index contributed by atoms with van der Waals surface area (Å²) in [6.07, 6.45) is 3.22. The zero-order valence-corrected chi connectivity index (χ0v) is 24.3. The van der Waals surface area contributed by atoms with Gasteiger partial charge in [0.1, 0.15) is 28.7 Å². The first-order valence-electron chi connectivity index (χ1n) is 12.8. The fraction of sp³-hybridized carbons (Fsp3) is 0.200. The van der Waals surface area contributed by atoms with Gasteiger partial charge in [0.05, 0.1) is 53.7 Å². The van der Waals surface area contributed by atoms with Crippen molar-refractivity contribution in [2.24, 2.45) is 10.2 Å². The molecule has 0 aliphatic rings. The van der Waals surface area contributed by atoms with Crippen molar-refractivity contribution in [2.75, 3.05) is 51.7 Å². The smallest absolute Gasteiger partial charge is 0.231 e. The number of aromatic nitrogens is 2. The lowest BCUT2D eigenvalue weighted by Gasteiger charge is -2.13. The number of hydrazone groups is 2. The number of methoxy groups -OCH3 is 5. The van der Waals surface area contributed by atoms with Crippen molar-refractivity contribution >= 4 is 35.7 Å². The summed E-state index contributed by atoms with van der Waals surface area (Å²) in [7, 11) is 7.98. The Morgan fingerprint density at radius 1 is 0.595 bits per heavy atom. The number of rotatable bonds is 13. The summed E-state index contributed by atoms with van der Waals surface area (Å²) in [5.74, 6) is 4.36. The summed E-state index contributed by atoms with van der Waals surface area (Å²) >= 11 is 0. The Kier molecular flexibility index (Phi) is 9.97. The molecule has 0 radical (unpaired) electrons. The summed E-state index contributed by atoms with van der Waals surface area (Å²) in [5, 5.41) is 11.9. The van der Waals surface area contributed by atoms with Gasteiger partial charge in [-0.05, 0) is 61.0 Å². The third kappa shape index (κ3) is 7.56. The molecule has 0 spiro atoms. The molecule has 4 aromatic rings. The van der Waals surface area contributed by atoms with Crippen LogP contribution in [0.3, 0.4) is 0 Å². The number of anilines is 4. The lowest BCUT2D eigenvalue weighted by Crippen LogP contribution is -2.05. The molecule has 42 heavy (non-hydrogen) atoms. The Labute approximate surface area is 244 Å². The van der Waals surface area contributed by atoms with Crippen molar-refractivity contribution in [2.45, 2.75) is 6.92 Å². The maximum absolute atomic E-state index is 5.50. The average molecular weight is 572 g/mol. The standard InChI is InChI=1S/C30H33N7O5/c1-19-7-10-27(42-6)24(13-19)33-30-34-28(36-31-17-20-14-22(38-2)8-11-25(20)40-4)16-29(35-30)37-32-18-21-15-23(39-3)9-12-26(21)41-5/h7-18H,1-6H3,(H3,33,34,35,36,37). The third-order valence-electron chi connectivity index (χ3n) is 5.97. The van der Waals surface area contributed by atoms with Crippen LogP contribution in [0.1, 0.15) is 16.7 Å². The Hall–Kier alpha value is -5.52. The van der Waals surface area contributed by atoms with Crippen LogP contribution in [0.25, 0.3) is 0 Å². The lowest BCUT2D eigenvalue weighted by molar-refractivity contribution is 0.402. The molecule has 218 valence electrons. The summed E-state index contributed by atoms with van der Waals surface area (Å²) < 4.78 is 27.0. The fourth-order valence-electron chi connectivity index (χ4n) is 3.87. The second-order valence-electron chi connectivity index (χ2n) is 8.75. The maximum atomic E-state index is 5.50. The van der Waals surface area contributed by atoms with Crippen LogP contribution in [0.2, 0.25) is 0 Å². The highest BCUT2D eigenvalue weighted by molar-refractivity contribution is 5.85. The van der Waals surface area contributed by atoms with E-state index in [0.29, 0.717) is 46.1 Å². The molecule has 1 aromatic heterocycles. The van der Waals surface area contributed by atoms with Crippen LogP contribution in [0.5, 0.6) is 28.7 Å². The molecule has 0 amide bonds. The predicted molar refractivity (Wildman–Crippen MR) is 165 cm³/mol. The van der Waals surface area contributed by atoms with Crippen LogP contribution in [-0.4, -0.2) is 57.9 Å². The van der Waals surface area contributed by atoms with Gasteiger partial charge < -0.3 is 29.0 Å². The minimum absolute atomic E-state index is 0.287. The second-order valence-corrected chi connectivity index (χ2v) is 8.75. The zero-order valence-electron chi connectivity index (χ0n) is 24.3. The number of hydrogen-bond acceptors (Lipinski definition) is 12. The molecule has 4 rings (SSSR count). The Morgan fingerprint density at radius 2 is 1.10 bits per heavy atom. The van der Waals surface area contributed by atoms with E-state index in [-0.39, 0.29) is 5.95 Å². The van der Waals surface area contributed by atoms with Gasteiger partial charge in [-0.15, -0.1) is 0 Å². The summed E-state index contributed by atoms with van der Waals surface area (Å²) in [5.41, 5.74) is 9.09. The fourth-order valence-corrected chi connectivity index (χ4v) is 3.87. The molecule has 12 nitrogen and oxygen atoms in total. The summed E-state index contributed by atoms with van der Waals surface area (Å²) in [6.45, 7) is 1.99. The minimum Gasteiger partial charge on any atom is -0.497 e. The molecular formula is C30H33N7O5. The highest BCUT2D eigenvalue weighted by atomic mass is 16.5. The number of aryl methyl sites for hydroxylation is 1. The van der Waals surface area contributed by atoms with Crippen LogP contribution in [-0.2, 0) is 0 Å². The molecule has 0 aliphatic heterocycles. The van der Waals surface area contributed by atoms with E-state index >= 15 is 0 Å². The molecule has 3 N–H and O–H groups in total. The number of nitrogens with one attached hydrogen (secondary N) is 3. The molecule has 0 atom stereocenters. The molecule has 0 bridgehead atoms. The van der Waals surface area contributed by atoms with Crippen molar-refractivity contribution in [3.05, 3.63) is 77.4 Å². The van der Waals surface area contributed by atoms with E-state index in [0.717, 1.165) is 16.7 Å². The zero-order chi connectivity index (χ0) is 29.9. The third-order valence-corrected chi connectivity index (χ3v) is 5.97. The van der Waals surface area contributed by atoms with Crippen LogP contribution < -0.4 is 39.9 Å². The van der Waals surface area contributed by atoms with Gasteiger partial charge in [0.15, 0.2) is 11.6 Å². The van der Waals surface area contributed by atoms with E-state index in [1.54, 1.807) is 66.2 Å². The Bertz CT molecular complexity index is 1490. The Balaban J connectivity index is 1.63. The van der Waals surface area contributed by atoms with Gasteiger partial charge in [-0.2, -0.15) is 20.2 Å². The number of hydrogen-bond donors (Lipinski definition) is 3. The summed E-state index contributed by atoms with van der Waals surface area (Å²) in [4.78, 5) is 9.14. The number of nitrogens with zero attached hydrogens (tertiary/aromatic N) is 4. The van der Waals surface area contributed by atoms with Crippen LogP contribution >= 0.6 is 0 Å². The molecule has 0 unspecified atom stereocenters. The van der Waals surface area contributed by atoms with Gasteiger partial charge in [-0.25, -0.2) is 0 Å². The van der Waals surface area contributed by atoms with E-state index in [2.05, 4.69) is 36.3 Å². The monoisotopic (exact) mass is 571 g/mol. The maximum Gasteiger partial charge on any atom is 0.231 e. The van der Waals surface area contributed by atoms with E-state index in [1.807, 2.05) is 49.4 Å². The van der Waals surface area contributed by atoms with Gasteiger partial charge >= 0.3 is 0 Å². The van der Waals surface area contributed by atoms with Gasteiger partial charge in [0.25, 0.3) is 0 Å². The lowest BCUT2D eigenvalue weighted by atomic mass is 10.2. The van der Waals surface area contributed by atoms with Crippen molar-refractivity contribution in [1.82, 2.24) is 9.97 Å². The number of benzene rings is 3. The molecular weight excluding hydrogens is 538 g/mol. The van der Waals surface area contributed by atoms with Gasteiger partial charge in [-0.1, -0.05) is 6.07 Å². The normalized spacial score (nSPS) is 10.9. The first kappa shape index (κ1) is 29.5. The largest absolute Gasteiger partial charge is 0.497 e. The van der Waals surface area contributed by atoms with Crippen LogP contribution in [0, 0.1) is 6.92 Å². The van der Waals surface area contributed by atoms with E-state index in [4.69, 9.17) is 23.7 Å². The van der Waals surface area contributed by atoms with Crippen LogP contribution in [0.15, 0.2) is 70.9 Å². The quantitative estimate of drug-likeness (QED) is 0.140. The molecule has 1 heterocycles. The molecule has 0 saturated heterocycles. The molecule has 0 aliphatic carbocycles. The second kappa shape index (κ2) is 14.2.